The number of hydrogen-bond donors (Lipinski definition) is 2. The first kappa shape index (κ1) is 14.9. The van der Waals surface area contributed by atoms with Gasteiger partial charge in [0.15, 0.2) is 5.96 Å². The minimum absolute atomic E-state index is 0.0443. The molecule has 0 aromatic heterocycles. The maximum Gasteiger partial charge on any atom is 0.244 e. The molecule has 1 amide bonds. The average molecular weight is 300 g/mol. The van der Waals surface area contributed by atoms with E-state index in [2.05, 4.69) is 28.5 Å². The van der Waals surface area contributed by atoms with Gasteiger partial charge < -0.3 is 16.0 Å². The molecule has 1 fully saturated rings. The van der Waals surface area contributed by atoms with Crippen molar-refractivity contribution in [2.45, 2.75) is 32.2 Å². The molecular formula is C17H24N4O. The molecule has 1 saturated carbocycles. The summed E-state index contributed by atoms with van der Waals surface area (Å²) in [5, 5.41) is 3.12. The highest BCUT2D eigenvalue weighted by Crippen LogP contribution is 2.25. The zero-order valence-corrected chi connectivity index (χ0v) is 12.9. The van der Waals surface area contributed by atoms with Gasteiger partial charge >= 0.3 is 0 Å². The Kier molecular flexibility index (Phi) is 4.61. The minimum Gasteiger partial charge on any atom is -0.370 e. The Labute approximate surface area is 131 Å². The third-order valence-electron chi connectivity index (χ3n) is 4.66. The van der Waals surface area contributed by atoms with E-state index in [1.165, 1.54) is 30.4 Å². The highest BCUT2D eigenvalue weighted by atomic mass is 16.2. The zero-order chi connectivity index (χ0) is 15.4. The van der Waals surface area contributed by atoms with Crippen LogP contribution < -0.4 is 11.1 Å². The lowest BCUT2D eigenvalue weighted by molar-refractivity contribution is -0.130. The lowest BCUT2D eigenvalue weighted by atomic mass is 9.85. The fourth-order valence-electron chi connectivity index (χ4n) is 2.96. The Morgan fingerprint density at radius 1 is 1.32 bits per heavy atom. The normalized spacial score (nSPS) is 18.5. The summed E-state index contributed by atoms with van der Waals surface area (Å²) in [7, 11) is 0. The molecule has 1 aromatic carbocycles. The number of nitrogens with one attached hydrogen (secondary N) is 1. The van der Waals surface area contributed by atoms with E-state index in [4.69, 9.17) is 5.73 Å². The van der Waals surface area contributed by atoms with Crippen LogP contribution in [0, 0.1) is 5.92 Å². The average Bonchev–Trinajstić information content (AvgIpc) is 2.50. The van der Waals surface area contributed by atoms with Crippen LogP contribution in [0.2, 0.25) is 0 Å². The van der Waals surface area contributed by atoms with Gasteiger partial charge in [-0.1, -0.05) is 30.7 Å². The van der Waals surface area contributed by atoms with Gasteiger partial charge in [-0.25, -0.2) is 4.99 Å². The van der Waals surface area contributed by atoms with Gasteiger partial charge in [-0.2, -0.15) is 0 Å². The largest absolute Gasteiger partial charge is 0.370 e. The van der Waals surface area contributed by atoms with Gasteiger partial charge in [0.25, 0.3) is 0 Å². The molecule has 0 unspecified atom stereocenters. The van der Waals surface area contributed by atoms with Gasteiger partial charge in [0, 0.05) is 19.6 Å². The predicted molar refractivity (Wildman–Crippen MR) is 87.4 cm³/mol. The van der Waals surface area contributed by atoms with E-state index < -0.39 is 0 Å². The third-order valence-corrected chi connectivity index (χ3v) is 4.66. The maximum atomic E-state index is 12.3. The molecule has 1 aliphatic heterocycles. The molecule has 1 aliphatic carbocycles. The summed E-state index contributed by atoms with van der Waals surface area (Å²) in [5.41, 5.74) is 8.41. The maximum absolute atomic E-state index is 12.3. The SMILES string of the molecule is NC(=NCC(=O)N1CCc2ccccc2C1)NCC1CCC1. The van der Waals surface area contributed by atoms with E-state index >= 15 is 0 Å². The van der Waals surface area contributed by atoms with Crippen molar-refractivity contribution >= 4 is 11.9 Å². The van der Waals surface area contributed by atoms with Gasteiger partial charge in [0.05, 0.1) is 0 Å². The van der Waals surface area contributed by atoms with Crippen molar-refractivity contribution in [1.82, 2.24) is 10.2 Å². The summed E-state index contributed by atoms with van der Waals surface area (Å²) in [4.78, 5) is 18.3. The quantitative estimate of drug-likeness (QED) is 0.650. The topological polar surface area (TPSA) is 70.7 Å². The van der Waals surface area contributed by atoms with Gasteiger partial charge in [0.2, 0.25) is 5.91 Å². The molecular weight excluding hydrogens is 276 g/mol. The van der Waals surface area contributed by atoms with Crippen LogP contribution in [-0.2, 0) is 17.8 Å². The van der Waals surface area contributed by atoms with Crippen molar-refractivity contribution in [3.63, 3.8) is 0 Å². The van der Waals surface area contributed by atoms with E-state index in [9.17, 15) is 4.79 Å². The van der Waals surface area contributed by atoms with Gasteiger partial charge in [-0.05, 0) is 36.3 Å². The minimum atomic E-state index is 0.0443. The van der Waals surface area contributed by atoms with Crippen LogP contribution in [-0.4, -0.2) is 36.4 Å². The number of carbonyl (C=O) groups excluding carboxylic acids is 1. The molecule has 5 nitrogen and oxygen atoms in total. The smallest absolute Gasteiger partial charge is 0.244 e. The Morgan fingerprint density at radius 3 is 2.82 bits per heavy atom. The van der Waals surface area contributed by atoms with Crippen molar-refractivity contribution < 1.29 is 4.79 Å². The number of carbonyl (C=O) groups is 1. The first-order valence-electron chi connectivity index (χ1n) is 8.11. The fourth-order valence-corrected chi connectivity index (χ4v) is 2.96. The van der Waals surface area contributed by atoms with Gasteiger partial charge in [0.1, 0.15) is 6.54 Å². The summed E-state index contributed by atoms with van der Waals surface area (Å²) in [6.45, 7) is 2.45. The standard InChI is InChI=1S/C17H24N4O/c18-17(19-10-13-4-3-5-13)20-11-16(22)21-9-8-14-6-1-2-7-15(14)12-21/h1-2,6-7,13H,3-5,8-12H2,(H3,18,19,20). The van der Waals surface area contributed by atoms with E-state index in [1.807, 2.05) is 11.0 Å². The summed E-state index contributed by atoms with van der Waals surface area (Å²) >= 11 is 0. The molecule has 1 aromatic rings. The van der Waals surface area contributed by atoms with E-state index in [1.54, 1.807) is 0 Å². The molecule has 0 spiro atoms. The molecule has 0 atom stereocenters. The van der Waals surface area contributed by atoms with Gasteiger partial charge in [-0.15, -0.1) is 0 Å². The first-order chi connectivity index (χ1) is 10.7. The highest BCUT2D eigenvalue weighted by molar-refractivity contribution is 5.84. The van der Waals surface area contributed by atoms with Crippen LogP contribution >= 0.6 is 0 Å². The number of fused-ring (bicyclic) bond motifs is 1. The van der Waals surface area contributed by atoms with Crippen molar-refractivity contribution in [2.75, 3.05) is 19.6 Å². The van der Waals surface area contributed by atoms with Crippen LogP contribution in [0.25, 0.3) is 0 Å². The first-order valence-corrected chi connectivity index (χ1v) is 8.11. The number of benzene rings is 1. The summed E-state index contributed by atoms with van der Waals surface area (Å²) < 4.78 is 0. The number of amides is 1. The van der Waals surface area contributed by atoms with E-state index in [0.717, 1.165) is 25.4 Å². The number of guanidine groups is 1. The van der Waals surface area contributed by atoms with Crippen LogP contribution in [0.1, 0.15) is 30.4 Å². The van der Waals surface area contributed by atoms with Crippen LogP contribution in [0.15, 0.2) is 29.3 Å². The third kappa shape index (κ3) is 3.59. The second-order valence-corrected chi connectivity index (χ2v) is 6.21. The number of nitrogens with two attached hydrogens (primary N) is 1. The Balaban J connectivity index is 1.47. The number of aliphatic imine (C=N–C) groups is 1. The molecule has 118 valence electrons. The van der Waals surface area contributed by atoms with Crippen molar-refractivity contribution in [2.24, 2.45) is 16.6 Å². The van der Waals surface area contributed by atoms with E-state index in [-0.39, 0.29) is 12.5 Å². The fraction of sp³-hybridized carbons (Fsp3) is 0.529. The predicted octanol–water partition coefficient (Wildman–Crippen LogP) is 1.28. The second kappa shape index (κ2) is 6.81. The molecule has 2 aliphatic rings. The molecule has 0 radical (unpaired) electrons. The molecule has 3 rings (SSSR count). The van der Waals surface area contributed by atoms with Gasteiger partial charge in [-0.3, -0.25) is 4.79 Å². The lowest BCUT2D eigenvalue weighted by Gasteiger charge is -2.28. The number of rotatable bonds is 4. The molecule has 3 N–H and O–H groups in total. The molecule has 0 saturated heterocycles. The summed E-state index contributed by atoms with van der Waals surface area (Å²) in [5.74, 6) is 1.16. The second-order valence-electron chi connectivity index (χ2n) is 6.21. The highest BCUT2D eigenvalue weighted by Gasteiger charge is 2.20. The summed E-state index contributed by atoms with van der Waals surface area (Å²) in [6, 6.07) is 8.30. The molecule has 1 heterocycles. The monoisotopic (exact) mass is 300 g/mol. The lowest BCUT2D eigenvalue weighted by Crippen LogP contribution is -2.40. The molecule has 0 bridgehead atoms. The zero-order valence-electron chi connectivity index (χ0n) is 12.9. The molecule has 22 heavy (non-hydrogen) atoms. The van der Waals surface area contributed by atoms with E-state index in [0.29, 0.717) is 12.5 Å². The number of nitrogens with zero attached hydrogens (tertiary/aromatic N) is 2. The Bertz CT molecular complexity index is 566. The van der Waals surface area contributed by atoms with Crippen molar-refractivity contribution in [3.05, 3.63) is 35.4 Å². The summed E-state index contributed by atoms with van der Waals surface area (Å²) in [6.07, 6.45) is 4.78. The van der Waals surface area contributed by atoms with Crippen molar-refractivity contribution in [3.8, 4) is 0 Å². The number of hydrogen-bond acceptors (Lipinski definition) is 2. The van der Waals surface area contributed by atoms with Crippen molar-refractivity contribution in [1.29, 1.82) is 0 Å². The van der Waals surface area contributed by atoms with Crippen LogP contribution in [0.4, 0.5) is 0 Å². The Hall–Kier alpha value is -2.04. The van der Waals surface area contributed by atoms with Crippen LogP contribution in [0.3, 0.4) is 0 Å². The van der Waals surface area contributed by atoms with Crippen LogP contribution in [0.5, 0.6) is 0 Å². The molecule has 5 heteroatoms. The Morgan fingerprint density at radius 2 is 2.09 bits per heavy atom.